The Morgan fingerprint density at radius 3 is 2.47 bits per heavy atom. The number of nitrogens with zero attached hydrogens (tertiary/aromatic N) is 2. The fraction of sp³-hybridized carbons (Fsp3) is 0.318. The van der Waals surface area contributed by atoms with Crippen molar-refractivity contribution in [2.45, 2.75) is 12.8 Å². The molecule has 1 saturated heterocycles. The second-order valence-electron chi connectivity index (χ2n) is 7.48. The van der Waals surface area contributed by atoms with E-state index in [1.54, 1.807) is 37.2 Å². The number of piperidine rings is 1. The van der Waals surface area contributed by atoms with Crippen molar-refractivity contribution in [1.29, 1.82) is 0 Å². The van der Waals surface area contributed by atoms with Crippen LogP contribution in [0.1, 0.15) is 33.6 Å². The number of rotatable bonds is 4. The summed E-state index contributed by atoms with van der Waals surface area (Å²) < 4.78 is 13.1. The monoisotopic (exact) mass is 431 g/mol. The molecular weight excluding hydrogens is 409 g/mol. The van der Waals surface area contributed by atoms with Crippen molar-refractivity contribution in [2.75, 3.05) is 32.5 Å². The molecule has 3 rings (SSSR count). The molecule has 2 aromatic carbocycles. The third-order valence-corrected chi connectivity index (χ3v) is 5.36. The lowest BCUT2D eigenvalue weighted by Crippen LogP contribution is -2.43. The molecule has 0 radical (unpaired) electrons. The lowest BCUT2D eigenvalue weighted by atomic mass is 9.96. The minimum Gasteiger partial charge on any atom is -0.345 e. The number of carbonyl (C=O) groups excluding carboxylic acids is 3. The van der Waals surface area contributed by atoms with E-state index in [0.29, 0.717) is 36.2 Å². The summed E-state index contributed by atoms with van der Waals surface area (Å²) in [5.41, 5.74) is 1.24. The van der Waals surface area contributed by atoms with Crippen LogP contribution in [-0.4, -0.2) is 54.7 Å². The zero-order valence-electron chi connectivity index (χ0n) is 16.8. The quantitative estimate of drug-likeness (QED) is 0.803. The van der Waals surface area contributed by atoms with E-state index in [4.69, 9.17) is 11.6 Å². The number of anilines is 1. The van der Waals surface area contributed by atoms with Crippen LogP contribution in [-0.2, 0) is 4.79 Å². The van der Waals surface area contributed by atoms with Gasteiger partial charge in [-0.3, -0.25) is 14.4 Å². The number of amides is 3. The molecule has 0 spiro atoms. The van der Waals surface area contributed by atoms with Gasteiger partial charge >= 0.3 is 0 Å². The Hall–Kier alpha value is -2.93. The summed E-state index contributed by atoms with van der Waals surface area (Å²) in [7, 11) is 3.27. The average molecular weight is 432 g/mol. The summed E-state index contributed by atoms with van der Waals surface area (Å²) >= 11 is 6.20. The van der Waals surface area contributed by atoms with Crippen LogP contribution >= 0.6 is 11.6 Å². The molecule has 6 nitrogen and oxygen atoms in total. The number of hydrogen-bond donors (Lipinski definition) is 1. The summed E-state index contributed by atoms with van der Waals surface area (Å²) in [6, 6.07) is 10.1. The topological polar surface area (TPSA) is 69.7 Å². The smallest absolute Gasteiger partial charge is 0.254 e. The van der Waals surface area contributed by atoms with Crippen molar-refractivity contribution in [2.24, 2.45) is 5.92 Å². The van der Waals surface area contributed by atoms with E-state index in [1.807, 2.05) is 0 Å². The van der Waals surface area contributed by atoms with Crippen LogP contribution in [0.2, 0.25) is 5.02 Å². The molecule has 1 heterocycles. The molecular formula is C22H23ClFN3O3. The maximum atomic E-state index is 13.1. The molecule has 1 unspecified atom stereocenters. The zero-order chi connectivity index (χ0) is 21.8. The molecule has 1 N–H and O–H groups in total. The highest BCUT2D eigenvalue weighted by atomic mass is 35.5. The number of nitrogens with one attached hydrogen (secondary N) is 1. The second-order valence-corrected chi connectivity index (χ2v) is 7.89. The molecule has 1 aliphatic heterocycles. The van der Waals surface area contributed by atoms with Crippen molar-refractivity contribution < 1.29 is 18.8 Å². The van der Waals surface area contributed by atoms with E-state index in [9.17, 15) is 18.8 Å². The van der Waals surface area contributed by atoms with E-state index < -0.39 is 5.82 Å². The number of hydrogen-bond acceptors (Lipinski definition) is 3. The molecule has 2 aromatic rings. The molecule has 1 aliphatic rings. The Bertz CT molecular complexity index is 963. The predicted molar refractivity (Wildman–Crippen MR) is 113 cm³/mol. The maximum absolute atomic E-state index is 13.1. The summed E-state index contributed by atoms with van der Waals surface area (Å²) in [4.78, 5) is 40.5. The van der Waals surface area contributed by atoms with Gasteiger partial charge in [0, 0.05) is 38.4 Å². The fourth-order valence-electron chi connectivity index (χ4n) is 3.40. The first-order valence-electron chi connectivity index (χ1n) is 9.63. The van der Waals surface area contributed by atoms with Crippen molar-refractivity contribution in [3.05, 3.63) is 64.4 Å². The minimum absolute atomic E-state index is 0.214. The largest absolute Gasteiger partial charge is 0.345 e. The van der Waals surface area contributed by atoms with Gasteiger partial charge < -0.3 is 15.1 Å². The Kier molecular flexibility index (Phi) is 6.72. The van der Waals surface area contributed by atoms with Gasteiger partial charge in [0.05, 0.1) is 16.5 Å². The fourth-order valence-corrected chi connectivity index (χ4v) is 3.66. The van der Waals surface area contributed by atoms with Crippen molar-refractivity contribution in [3.63, 3.8) is 0 Å². The molecule has 158 valence electrons. The highest BCUT2D eigenvalue weighted by molar-refractivity contribution is 6.34. The third-order valence-electron chi connectivity index (χ3n) is 5.04. The number of likely N-dealkylation sites (tertiary alicyclic amines) is 1. The van der Waals surface area contributed by atoms with Gasteiger partial charge in [-0.1, -0.05) is 11.6 Å². The van der Waals surface area contributed by atoms with Gasteiger partial charge in [-0.15, -0.1) is 0 Å². The first-order chi connectivity index (χ1) is 14.3. The lowest BCUT2D eigenvalue weighted by molar-refractivity contribution is -0.121. The van der Waals surface area contributed by atoms with Crippen molar-refractivity contribution in [3.8, 4) is 0 Å². The van der Waals surface area contributed by atoms with Gasteiger partial charge in [-0.05, 0) is 55.3 Å². The molecule has 0 saturated carbocycles. The van der Waals surface area contributed by atoms with Crippen molar-refractivity contribution in [1.82, 2.24) is 9.80 Å². The molecule has 0 bridgehead atoms. The molecule has 30 heavy (non-hydrogen) atoms. The molecule has 3 amide bonds. The van der Waals surface area contributed by atoms with E-state index in [-0.39, 0.29) is 35.2 Å². The maximum Gasteiger partial charge on any atom is 0.254 e. The van der Waals surface area contributed by atoms with Crippen LogP contribution in [0.3, 0.4) is 0 Å². The van der Waals surface area contributed by atoms with Gasteiger partial charge in [-0.25, -0.2) is 4.39 Å². The van der Waals surface area contributed by atoms with Crippen LogP contribution in [0.5, 0.6) is 0 Å². The molecule has 1 atom stereocenters. The van der Waals surface area contributed by atoms with Crippen LogP contribution < -0.4 is 5.32 Å². The standard InChI is InChI=1S/C22H23ClFN3O3/c1-26(2)22(30)18-10-9-17(12-19(18)23)25-20(28)15-4-3-11-27(13-15)21(29)14-5-7-16(24)8-6-14/h5-10,12,15H,3-4,11,13H2,1-2H3,(H,25,28). The molecule has 8 heteroatoms. The minimum atomic E-state index is -0.403. The Balaban J connectivity index is 1.65. The first-order valence-corrected chi connectivity index (χ1v) is 10.0. The van der Waals surface area contributed by atoms with E-state index >= 15 is 0 Å². The number of halogens is 2. The van der Waals surface area contributed by atoms with Gasteiger partial charge in [0.15, 0.2) is 0 Å². The van der Waals surface area contributed by atoms with Gasteiger partial charge in [0.2, 0.25) is 5.91 Å². The van der Waals surface area contributed by atoms with Crippen molar-refractivity contribution >= 4 is 35.0 Å². The van der Waals surface area contributed by atoms with Crippen LogP contribution in [0, 0.1) is 11.7 Å². The summed E-state index contributed by atoms with van der Waals surface area (Å²) in [6.07, 6.45) is 1.35. The summed E-state index contributed by atoms with van der Waals surface area (Å²) in [6.45, 7) is 0.833. The molecule has 0 aromatic heterocycles. The van der Waals surface area contributed by atoms with Gasteiger partial charge in [0.1, 0.15) is 5.82 Å². The third kappa shape index (κ3) is 4.97. The normalized spacial score (nSPS) is 16.1. The molecule has 0 aliphatic carbocycles. The van der Waals surface area contributed by atoms with Crippen LogP contribution in [0.4, 0.5) is 10.1 Å². The van der Waals surface area contributed by atoms with E-state index in [1.165, 1.54) is 29.2 Å². The zero-order valence-corrected chi connectivity index (χ0v) is 17.6. The average Bonchev–Trinajstić information content (AvgIpc) is 2.73. The number of carbonyl (C=O) groups is 3. The van der Waals surface area contributed by atoms with Crippen LogP contribution in [0.25, 0.3) is 0 Å². The van der Waals surface area contributed by atoms with E-state index in [2.05, 4.69) is 5.32 Å². The summed E-state index contributed by atoms with van der Waals surface area (Å²) in [5.74, 6) is -1.43. The van der Waals surface area contributed by atoms with Gasteiger partial charge in [-0.2, -0.15) is 0 Å². The predicted octanol–water partition coefficient (Wildman–Crippen LogP) is 3.67. The second kappa shape index (κ2) is 9.26. The Morgan fingerprint density at radius 2 is 1.83 bits per heavy atom. The number of benzene rings is 2. The lowest BCUT2D eigenvalue weighted by Gasteiger charge is -2.32. The Labute approximate surface area is 179 Å². The Morgan fingerprint density at radius 1 is 1.13 bits per heavy atom. The highest BCUT2D eigenvalue weighted by Crippen LogP contribution is 2.24. The van der Waals surface area contributed by atoms with Crippen LogP contribution in [0.15, 0.2) is 42.5 Å². The molecule has 1 fully saturated rings. The summed E-state index contributed by atoms with van der Waals surface area (Å²) in [5, 5.41) is 3.07. The highest BCUT2D eigenvalue weighted by Gasteiger charge is 2.29. The van der Waals surface area contributed by atoms with Gasteiger partial charge in [0.25, 0.3) is 11.8 Å². The first kappa shape index (κ1) is 21.8. The SMILES string of the molecule is CN(C)C(=O)c1ccc(NC(=O)C2CCCN(C(=O)c3ccc(F)cc3)C2)cc1Cl. The van der Waals surface area contributed by atoms with E-state index in [0.717, 1.165) is 0 Å².